The third-order valence-electron chi connectivity index (χ3n) is 5.57. The van der Waals surface area contributed by atoms with E-state index >= 15 is 0 Å². The van der Waals surface area contributed by atoms with Crippen molar-refractivity contribution in [2.75, 3.05) is 10.6 Å². The lowest BCUT2D eigenvalue weighted by Gasteiger charge is -2.14. The van der Waals surface area contributed by atoms with Gasteiger partial charge in [0.05, 0.1) is 17.1 Å². The molecule has 0 aliphatic heterocycles. The third kappa shape index (κ3) is 5.25. The number of hydrogen-bond acceptors (Lipinski definition) is 5. The van der Waals surface area contributed by atoms with Gasteiger partial charge >= 0.3 is 0 Å². The molecular formula is C28H24N6O. The van der Waals surface area contributed by atoms with Gasteiger partial charge in [0.1, 0.15) is 12.1 Å². The van der Waals surface area contributed by atoms with Gasteiger partial charge < -0.3 is 10.6 Å². The Hall–Kier alpha value is -4.78. The number of hydrogen-bond donors (Lipinski definition) is 2. The Morgan fingerprint density at radius 3 is 2.51 bits per heavy atom. The molecule has 1 amide bonds. The van der Waals surface area contributed by atoms with E-state index in [2.05, 4.69) is 44.6 Å². The first-order chi connectivity index (χ1) is 17.2. The summed E-state index contributed by atoms with van der Waals surface area (Å²) in [6, 6.07) is 27.4. The monoisotopic (exact) mass is 460 g/mol. The van der Waals surface area contributed by atoms with Crippen molar-refractivity contribution >= 4 is 34.7 Å². The summed E-state index contributed by atoms with van der Waals surface area (Å²) in [5.74, 6) is 1.04. The van der Waals surface area contributed by atoms with E-state index in [0.29, 0.717) is 17.5 Å². The summed E-state index contributed by atoms with van der Waals surface area (Å²) < 4.78 is 1.90. The van der Waals surface area contributed by atoms with Crippen molar-refractivity contribution in [3.8, 4) is 5.82 Å². The van der Waals surface area contributed by atoms with E-state index in [1.54, 1.807) is 18.6 Å². The maximum Gasteiger partial charge on any atom is 0.248 e. The highest BCUT2D eigenvalue weighted by Crippen LogP contribution is 2.22. The SMILES string of the molecule is CC(Nc1nccc(-n2cnc3cc(NC(=O)C=Cc4ccccc4)ccc32)n1)c1ccccc1. The maximum absolute atomic E-state index is 12.3. The Labute approximate surface area is 203 Å². The van der Waals surface area contributed by atoms with Crippen LogP contribution in [-0.2, 0) is 4.79 Å². The maximum atomic E-state index is 12.3. The molecule has 0 bridgehead atoms. The molecule has 3 aromatic carbocycles. The van der Waals surface area contributed by atoms with Crippen LogP contribution in [0.15, 0.2) is 104 Å². The zero-order valence-corrected chi connectivity index (χ0v) is 19.2. The zero-order valence-electron chi connectivity index (χ0n) is 19.2. The van der Waals surface area contributed by atoms with Crippen molar-refractivity contribution in [1.82, 2.24) is 19.5 Å². The number of nitrogens with zero attached hydrogens (tertiary/aromatic N) is 4. The number of aromatic nitrogens is 4. The quantitative estimate of drug-likeness (QED) is 0.307. The first-order valence-electron chi connectivity index (χ1n) is 11.3. The van der Waals surface area contributed by atoms with Gasteiger partial charge in [0, 0.05) is 18.0 Å². The molecule has 1 atom stereocenters. The number of carbonyl (C=O) groups is 1. The van der Waals surface area contributed by atoms with Crippen LogP contribution >= 0.6 is 0 Å². The van der Waals surface area contributed by atoms with E-state index in [4.69, 9.17) is 0 Å². The van der Waals surface area contributed by atoms with Crippen LogP contribution in [0.25, 0.3) is 22.9 Å². The van der Waals surface area contributed by atoms with Crippen molar-refractivity contribution < 1.29 is 4.79 Å². The number of imidazole rings is 1. The van der Waals surface area contributed by atoms with Crippen LogP contribution in [0.1, 0.15) is 24.1 Å². The minimum atomic E-state index is -0.202. The molecule has 2 N–H and O–H groups in total. The average molecular weight is 461 g/mol. The second kappa shape index (κ2) is 10.0. The van der Waals surface area contributed by atoms with Gasteiger partial charge in [-0.1, -0.05) is 60.7 Å². The number of amides is 1. The molecule has 0 saturated heterocycles. The summed E-state index contributed by atoms with van der Waals surface area (Å²) in [6.45, 7) is 2.07. The lowest BCUT2D eigenvalue weighted by molar-refractivity contribution is -0.111. The molecule has 1 unspecified atom stereocenters. The molecule has 7 nitrogen and oxygen atoms in total. The van der Waals surface area contributed by atoms with E-state index < -0.39 is 0 Å². The third-order valence-corrected chi connectivity index (χ3v) is 5.57. The molecule has 2 aromatic heterocycles. The summed E-state index contributed by atoms with van der Waals surface area (Å²) in [5.41, 5.74) is 4.42. The van der Waals surface area contributed by atoms with E-state index in [1.165, 1.54) is 6.08 Å². The molecule has 0 aliphatic carbocycles. The van der Waals surface area contributed by atoms with Crippen LogP contribution in [0.5, 0.6) is 0 Å². The van der Waals surface area contributed by atoms with Crippen LogP contribution in [0.4, 0.5) is 11.6 Å². The number of benzene rings is 3. The molecule has 0 spiro atoms. The molecule has 0 aliphatic rings. The van der Waals surface area contributed by atoms with Gasteiger partial charge in [-0.05, 0) is 48.4 Å². The van der Waals surface area contributed by atoms with Gasteiger partial charge in [0.25, 0.3) is 0 Å². The molecule has 172 valence electrons. The summed E-state index contributed by atoms with van der Waals surface area (Å²) in [5, 5.41) is 6.24. The van der Waals surface area contributed by atoms with Crippen molar-refractivity contribution in [3.63, 3.8) is 0 Å². The molecular weight excluding hydrogens is 436 g/mol. The Morgan fingerprint density at radius 2 is 1.71 bits per heavy atom. The summed E-state index contributed by atoms with van der Waals surface area (Å²) in [7, 11) is 0. The fourth-order valence-corrected chi connectivity index (χ4v) is 3.76. The second-order valence-corrected chi connectivity index (χ2v) is 8.07. The predicted molar refractivity (Wildman–Crippen MR) is 139 cm³/mol. The first kappa shape index (κ1) is 22.0. The lowest BCUT2D eigenvalue weighted by Crippen LogP contribution is -2.10. The molecule has 5 aromatic rings. The zero-order chi connectivity index (χ0) is 24.0. The Kier molecular flexibility index (Phi) is 6.30. The van der Waals surface area contributed by atoms with Gasteiger partial charge in [-0.25, -0.2) is 9.97 Å². The fraction of sp³-hybridized carbons (Fsp3) is 0.0714. The number of fused-ring (bicyclic) bond motifs is 1. The van der Waals surface area contributed by atoms with Crippen LogP contribution in [0.2, 0.25) is 0 Å². The Bertz CT molecular complexity index is 1480. The number of carbonyl (C=O) groups excluding carboxylic acids is 1. The van der Waals surface area contributed by atoms with E-state index in [0.717, 1.165) is 22.2 Å². The highest BCUT2D eigenvalue weighted by atomic mass is 16.1. The van der Waals surface area contributed by atoms with Gasteiger partial charge in [-0.3, -0.25) is 9.36 Å². The van der Waals surface area contributed by atoms with Crippen molar-refractivity contribution in [1.29, 1.82) is 0 Å². The molecule has 2 heterocycles. The molecule has 5 rings (SSSR count). The van der Waals surface area contributed by atoms with Crippen LogP contribution < -0.4 is 10.6 Å². The molecule has 7 heteroatoms. The Balaban J connectivity index is 1.32. The average Bonchev–Trinajstić information content (AvgIpc) is 3.32. The second-order valence-electron chi connectivity index (χ2n) is 8.07. The summed E-state index contributed by atoms with van der Waals surface area (Å²) in [4.78, 5) is 25.9. The van der Waals surface area contributed by atoms with Gasteiger partial charge in [0.15, 0.2) is 0 Å². The standard InChI is InChI=1S/C28H24N6O/c1-20(22-10-6-3-7-11-22)31-28-29-17-16-26(33-28)34-19-30-24-18-23(13-14-25(24)34)32-27(35)15-12-21-8-4-2-5-9-21/h2-20H,1H3,(H,32,35)(H,29,31,33). The first-order valence-corrected chi connectivity index (χ1v) is 11.3. The highest BCUT2D eigenvalue weighted by molar-refractivity contribution is 6.02. The summed E-state index contributed by atoms with van der Waals surface area (Å²) in [6.07, 6.45) is 6.74. The fourth-order valence-electron chi connectivity index (χ4n) is 3.76. The van der Waals surface area contributed by atoms with Gasteiger partial charge in [-0.15, -0.1) is 0 Å². The number of anilines is 2. The molecule has 0 radical (unpaired) electrons. The van der Waals surface area contributed by atoms with E-state index in [1.807, 2.05) is 77.4 Å². The topological polar surface area (TPSA) is 84.7 Å². The summed E-state index contributed by atoms with van der Waals surface area (Å²) >= 11 is 0. The Morgan fingerprint density at radius 1 is 0.943 bits per heavy atom. The van der Waals surface area contributed by atoms with Gasteiger partial charge in [0.2, 0.25) is 11.9 Å². The molecule has 0 fully saturated rings. The largest absolute Gasteiger partial charge is 0.348 e. The van der Waals surface area contributed by atoms with Gasteiger partial charge in [-0.2, -0.15) is 4.98 Å². The van der Waals surface area contributed by atoms with E-state index in [-0.39, 0.29) is 11.9 Å². The van der Waals surface area contributed by atoms with Crippen molar-refractivity contribution in [3.05, 3.63) is 115 Å². The minimum Gasteiger partial charge on any atom is -0.348 e. The van der Waals surface area contributed by atoms with Crippen molar-refractivity contribution in [2.45, 2.75) is 13.0 Å². The van der Waals surface area contributed by atoms with Crippen LogP contribution in [0, 0.1) is 0 Å². The normalized spacial score (nSPS) is 12.0. The molecule has 0 saturated carbocycles. The number of nitrogens with one attached hydrogen (secondary N) is 2. The van der Waals surface area contributed by atoms with Crippen LogP contribution in [0.3, 0.4) is 0 Å². The molecule has 35 heavy (non-hydrogen) atoms. The highest BCUT2D eigenvalue weighted by Gasteiger charge is 2.11. The van der Waals surface area contributed by atoms with Crippen molar-refractivity contribution in [2.24, 2.45) is 0 Å². The lowest BCUT2D eigenvalue weighted by atomic mass is 10.1. The smallest absolute Gasteiger partial charge is 0.248 e. The minimum absolute atomic E-state index is 0.0630. The number of rotatable bonds is 7. The predicted octanol–water partition coefficient (Wildman–Crippen LogP) is 5.64. The van der Waals surface area contributed by atoms with E-state index in [9.17, 15) is 4.79 Å². The van der Waals surface area contributed by atoms with Crippen LogP contribution in [-0.4, -0.2) is 25.4 Å².